The SMILES string of the molecule is CCC(C)(NC(=O)CSc1cccc(Br)c1)C(=O)O. The van der Waals surface area contributed by atoms with E-state index in [1.165, 1.54) is 18.7 Å². The Bertz CT molecular complexity index is 481. The van der Waals surface area contributed by atoms with Gasteiger partial charge in [-0.3, -0.25) is 4.79 Å². The fraction of sp³-hybridized carbons (Fsp3) is 0.385. The quantitative estimate of drug-likeness (QED) is 0.778. The van der Waals surface area contributed by atoms with Crippen molar-refractivity contribution in [3.8, 4) is 0 Å². The van der Waals surface area contributed by atoms with Gasteiger partial charge < -0.3 is 10.4 Å². The van der Waals surface area contributed by atoms with Gasteiger partial charge in [-0.1, -0.05) is 28.9 Å². The molecular formula is C13H16BrNO3S. The Kier molecular flexibility index (Phi) is 5.87. The van der Waals surface area contributed by atoms with E-state index in [-0.39, 0.29) is 11.7 Å². The number of rotatable bonds is 6. The third-order valence-electron chi connectivity index (χ3n) is 2.76. The smallest absolute Gasteiger partial charge is 0.329 e. The number of nitrogens with one attached hydrogen (secondary N) is 1. The Hall–Kier alpha value is -1.01. The minimum absolute atomic E-state index is 0.194. The molecule has 0 saturated carbocycles. The minimum Gasteiger partial charge on any atom is -0.480 e. The Morgan fingerprint density at radius 2 is 2.16 bits per heavy atom. The Morgan fingerprint density at radius 3 is 2.68 bits per heavy atom. The van der Waals surface area contributed by atoms with Crippen LogP contribution in [0.5, 0.6) is 0 Å². The molecule has 0 heterocycles. The molecule has 1 rings (SSSR count). The summed E-state index contributed by atoms with van der Waals surface area (Å²) in [5, 5.41) is 11.6. The molecule has 19 heavy (non-hydrogen) atoms. The molecule has 4 nitrogen and oxygen atoms in total. The van der Waals surface area contributed by atoms with Crippen LogP contribution in [0.25, 0.3) is 0 Å². The monoisotopic (exact) mass is 345 g/mol. The summed E-state index contributed by atoms with van der Waals surface area (Å²) in [4.78, 5) is 23.8. The molecule has 104 valence electrons. The Labute approximate surface area is 125 Å². The molecule has 1 aromatic rings. The summed E-state index contributed by atoms with van der Waals surface area (Å²) in [5.41, 5.74) is -1.20. The zero-order chi connectivity index (χ0) is 14.5. The van der Waals surface area contributed by atoms with E-state index in [0.29, 0.717) is 6.42 Å². The molecule has 0 fully saturated rings. The lowest BCUT2D eigenvalue weighted by atomic mass is 9.99. The molecule has 0 aliphatic carbocycles. The number of thioether (sulfide) groups is 1. The van der Waals surface area contributed by atoms with Gasteiger partial charge in [-0.25, -0.2) is 4.79 Å². The molecule has 0 aliphatic heterocycles. The first-order valence-electron chi connectivity index (χ1n) is 5.80. The van der Waals surface area contributed by atoms with Crippen molar-refractivity contribution in [3.05, 3.63) is 28.7 Å². The second kappa shape index (κ2) is 6.96. The molecule has 0 aromatic heterocycles. The molecule has 2 N–H and O–H groups in total. The van der Waals surface area contributed by atoms with Crippen molar-refractivity contribution in [2.24, 2.45) is 0 Å². The molecule has 0 radical (unpaired) electrons. The van der Waals surface area contributed by atoms with E-state index in [0.717, 1.165) is 9.37 Å². The summed E-state index contributed by atoms with van der Waals surface area (Å²) in [7, 11) is 0. The molecular weight excluding hydrogens is 330 g/mol. The molecule has 1 aromatic carbocycles. The topological polar surface area (TPSA) is 66.4 Å². The molecule has 6 heteroatoms. The second-order valence-electron chi connectivity index (χ2n) is 4.29. The maximum atomic E-state index is 11.8. The number of amides is 1. The van der Waals surface area contributed by atoms with E-state index < -0.39 is 11.5 Å². The highest BCUT2D eigenvalue weighted by Crippen LogP contribution is 2.22. The van der Waals surface area contributed by atoms with E-state index in [4.69, 9.17) is 5.11 Å². The van der Waals surface area contributed by atoms with Crippen molar-refractivity contribution < 1.29 is 14.7 Å². The van der Waals surface area contributed by atoms with Crippen molar-refractivity contribution >= 4 is 39.6 Å². The van der Waals surface area contributed by atoms with E-state index in [2.05, 4.69) is 21.2 Å². The van der Waals surface area contributed by atoms with Crippen LogP contribution in [0.1, 0.15) is 20.3 Å². The first-order chi connectivity index (χ1) is 8.87. The van der Waals surface area contributed by atoms with Gasteiger partial charge in [0, 0.05) is 9.37 Å². The van der Waals surface area contributed by atoms with Crippen molar-refractivity contribution in [2.45, 2.75) is 30.7 Å². The van der Waals surface area contributed by atoms with Crippen LogP contribution in [0.2, 0.25) is 0 Å². The van der Waals surface area contributed by atoms with Gasteiger partial charge in [-0.05, 0) is 31.5 Å². The largest absolute Gasteiger partial charge is 0.480 e. The van der Waals surface area contributed by atoms with Gasteiger partial charge in [0.2, 0.25) is 5.91 Å². The highest BCUT2D eigenvalue weighted by Gasteiger charge is 2.32. The van der Waals surface area contributed by atoms with Crippen LogP contribution >= 0.6 is 27.7 Å². The average molecular weight is 346 g/mol. The molecule has 1 unspecified atom stereocenters. The van der Waals surface area contributed by atoms with Gasteiger partial charge in [-0.2, -0.15) is 0 Å². The summed E-state index contributed by atoms with van der Waals surface area (Å²) < 4.78 is 0.946. The number of benzene rings is 1. The molecule has 0 aliphatic rings. The maximum absolute atomic E-state index is 11.8. The van der Waals surface area contributed by atoms with E-state index in [9.17, 15) is 9.59 Å². The lowest BCUT2D eigenvalue weighted by molar-refractivity contribution is -0.146. The van der Waals surface area contributed by atoms with Crippen LogP contribution in [0.3, 0.4) is 0 Å². The van der Waals surface area contributed by atoms with Crippen LogP contribution in [-0.2, 0) is 9.59 Å². The van der Waals surface area contributed by atoms with Crippen molar-refractivity contribution in [2.75, 3.05) is 5.75 Å². The minimum atomic E-state index is -1.20. The number of carbonyl (C=O) groups excluding carboxylic acids is 1. The zero-order valence-electron chi connectivity index (χ0n) is 10.8. The number of halogens is 1. The molecule has 0 bridgehead atoms. The standard InChI is InChI=1S/C13H16BrNO3S/c1-3-13(2,12(17)18)15-11(16)8-19-10-6-4-5-9(14)7-10/h4-7H,3,8H2,1-2H3,(H,15,16)(H,17,18). The maximum Gasteiger partial charge on any atom is 0.329 e. The van der Waals surface area contributed by atoms with Crippen molar-refractivity contribution in [3.63, 3.8) is 0 Å². The van der Waals surface area contributed by atoms with E-state index >= 15 is 0 Å². The molecule has 0 spiro atoms. The predicted octanol–water partition coefficient (Wildman–Crippen LogP) is 2.91. The summed E-state index contributed by atoms with van der Waals surface area (Å²) in [5.74, 6) is -1.10. The number of aliphatic carboxylic acids is 1. The molecule has 1 atom stereocenters. The fourth-order valence-electron chi connectivity index (χ4n) is 1.34. The van der Waals surface area contributed by atoms with Gasteiger partial charge in [0.25, 0.3) is 0 Å². The highest BCUT2D eigenvalue weighted by atomic mass is 79.9. The average Bonchev–Trinajstić information content (AvgIpc) is 2.36. The van der Waals surface area contributed by atoms with Gasteiger partial charge in [0.05, 0.1) is 5.75 Å². The van der Waals surface area contributed by atoms with Gasteiger partial charge >= 0.3 is 5.97 Å². The summed E-state index contributed by atoms with van der Waals surface area (Å²) in [6.07, 6.45) is 0.343. The highest BCUT2D eigenvalue weighted by molar-refractivity contribution is 9.10. The zero-order valence-corrected chi connectivity index (χ0v) is 13.2. The van der Waals surface area contributed by atoms with Crippen LogP contribution < -0.4 is 5.32 Å². The molecule has 0 saturated heterocycles. The number of hydrogen-bond donors (Lipinski definition) is 2. The second-order valence-corrected chi connectivity index (χ2v) is 6.25. The molecule has 1 amide bonds. The first kappa shape index (κ1) is 16.0. The summed E-state index contributed by atoms with van der Waals surface area (Å²) >= 11 is 4.73. The Morgan fingerprint density at radius 1 is 1.47 bits per heavy atom. The van der Waals surface area contributed by atoms with Gasteiger partial charge in [-0.15, -0.1) is 11.8 Å². The predicted molar refractivity (Wildman–Crippen MR) is 79.3 cm³/mol. The number of carbonyl (C=O) groups is 2. The number of hydrogen-bond acceptors (Lipinski definition) is 3. The lowest BCUT2D eigenvalue weighted by Crippen LogP contribution is -2.52. The van der Waals surface area contributed by atoms with Crippen molar-refractivity contribution in [1.29, 1.82) is 0 Å². The third-order valence-corrected chi connectivity index (χ3v) is 4.25. The van der Waals surface area contributed by atoms with Crippen LogP contribution in [0, 0.1) is 0 Å². The Balaban J connectivity index is 2.54. The van der Waals surface area contributed by atoms with Crippen LogP contribution in [-0.4, -0.2) is 28.3 Å². The third kappa shape index (κ3) is 4.87. The van der Waals surface area contributed by atoms with E-state index in [1.54, 1.807) is 6.92 Å². The van der Waals surface area contributed by atoms with Crippen LogP contribution in [0.4, 0.5) is 0 Å². The van der Waals surface area contributed by atoms with Crippen molar-refractivity contribution in [1.82, 2.24) is 5.32 Å². The normalized spacial score (nSPS) is 13.6. The summed E-state index contributed by atoms with van der Waals surface area (Å²) in [6.45, 7) is 3.24. The van der Waals surface area contributed by atoms with E-state index in [1.807, 2.05) is 24.3 Å². The number of carboxylic acid groups (broad SMARTS) is 1. The fourth-order valence-corrected chi connectivity index (χ4v) is 2.65. The lowest BCUT2D eigenvalue weighted by Gasteiger charge is -2.24. The van der Waals surface area contributed by atoms with Gasteiger partial charge in [0.15, 0.2) is 0 Å². The van der Waals surface area contributed by atoms with Gasteiger partial charge in [0.1, 0.15) is 5.54 Å². The number of carboxylic acids is 1. The first-order valence-corrected chi connectivity index (χ1v) is 7.58. The summed E-state index contributed by atoms with van der Waals surface area (Å²) in [6, 6.07) is 7.60. The van der Waals surface area contributed by atoms with Crippen LogP contribution in [0.15, 0.2) is 33.6 Å².